The smallest absolute Gasteiger partial charge is 0.275 e. The summed E-state index contributed by atoms with van der Waals surface area (Å²) < 4.78 is 15.7. The number of nitrogens with one attached hydrogen (secondary N) is 1. The van der Waals surface area contributed by atoms with E-state index in [-0.39, 0.29) is 11.3 Å². The minimum absolute atomic E-state index is 0.188. The lowest BCUT2D eigenvalue weighted by atomic mass is 9.79. The minimum atomic E-state index is -0.498. The summed E-state index contributed by atoms with van der Waals surface area (Å²) in [4.78, 5) is 29.9. The van der Waals surface area contributed by atoms with Crippen LogP contribution in [0.4, 0.5) is 15.9 Å². The molecule has 0 aliphatic carbocycles. The van der Waals surface area contributed by atoms with Gasteiger partial charge in [0.1, 0.15) is 11.5 Å². The Balaban J connectivity index is 1.28. The summed E-state index contributed by atoms with van der Waals surface area (Å²) in [5.41, 5.74) is 1.82. The number of nitrogens with zero attached hydrogens (tertiary/aromatic N) is 6. The number of hydrogen-bond donors (Lipinski definition) is 1. The summed E-state index contributed by atoms with van der Waals surface area (Å²) in [6, 6.07) is 1.25. The number of hydrogen-bond acceptors (Lipinski definition) is 6. The zero-order valence-electron chi connectivity index (χ0n) is 16.4. The van der Waals surface area contributed by atoms with E-state index in [4.69, 9.17) is 0 Å². The molecule has 5 rings (SSSR count). The Hall–Kier alpha value is -3.07. The molecule has 1 spiro atoms. The first-order chi connectivity index (χ1) is 13.9. The minimum Gasteiger partial charge on any atom is -0.355 e. The Labute approximate surface area is 167 Å². The van der Waals surface area contributed by atoms with E-state index in [1.807, 2.05) is 0 Å². The summed E-state index contributed by atoms with van der Waals surface area (Å²) in [5, 5.41) is 2.68. The van der Waals surface area contributed by atoms with Crippen LogP contribution in [-0.4, -0.2) is 63.4 Å². The van der Waals surface area contributed by atoms with E-state index in [9.17, 15) is 9.18 Å². The molecule has 0 unspecified atom stereocenters. The van der Waals surface area contributed by atoms with Gasteiger partial charge in [-0.3, -0.25) is 4.79 Å². The van der Waals surface area contributed by atoms with Gasteiger partial charge in [-0.2, -0.15) is 0 Å². The molecule has 8 nitrogen and oxygen atoms in total. The molecule has 2 fully saturated rings. The lowest BCUT2D eigenvalue weighted by Crippen LogP contribution is -2.55. The number of aromatic nitrogens is 4. The van der Waals surface area contributed by atoms with E-state index in [1.54, 1.807) is 29.9 Å². The molecule has 0 saturated carbocycles. The lowest BCUT2D eigenvalue weighted by molar-refractivity contribution is 0.0424. The first-order valence-corrected chi connectivity index (χ1v) is 9.63. The summed E-state index contributed by atoms with van der Waals surface area (Å²) in [6.07, 6.45) is 7.59. The van der Waals surface area contributed by atoms with E-state index < -0.39 is 11.7 Å². The van der Waals surface area contributed by atoms with Gasteiger partial charge in [-0.05, 0) is 20.4 Å². The van der Waals surface area contributed by atoms with Crippen molar-refractivity contribution in [2.45, 2.75) is 13.3 Å². The van der Waals surface area contributed by atoms with Crippen molar-refractivity contribution < 1.29 is 9.18 Å². The van der Waals surface area contributed by atoms with Crippen LogP contribution < -0.4 is 10.2 Å². The zero-order chi connectivity index (χ0) is 20.2. The summed E-state index contributed by atoms with van der Waals surface area (Å²) >= 11 is 0. The van der Waals surface area contributed by atoms with Crippen LogP contribution in [0.3, 0.4) is 0 Å². The van der Waals surface area contributed by atoms with E-state index in [1.165, 1.54) is 12.3 Å². The van der Waals surface area contributed by atoms with Crippen LogP contribution in [0.5, 0.6) is 0 Å². The van der Waals surface area contributed by atoms with Gasteiger partial charge in [-0.25, -0.2) is 19.3 Å². The Morgan fingerprint density at radius 1 is 1.21 bits per heavy atom. The number of imidazole rings is 1. The molecule has 150 valence electrons. The van der Waals surface area contributed by atoms with Crippen LogP contribution in [0.25, 0.3) is 5.65 Å². The fourth-order valence-electron chi connectivity index (χ4n) is 4.53. The third-order valence-electron chi connectivity index (χ3n) is 5.73. The van der Waals surface area contributed by atoms with Gasteiger partial charge in [0.2, 0.25) is 0 Å². The summed E-state index contributed by atoms with van der Waals surface area (Å²) in [7, 11) is 2.14. The first kappa shape index (κ1) is 18.0. The number of anilines is 2. The number of likely N-dealkylation sites (tertiary alicyclic amines) is 1. The molecule has 5 heterocycles. The Bertz CT molecular complexity index is 1090. The van der Waals surface area contributed by atoms with Gasteiger partial charge < -0.3 is 19.5 Å². The number of halogens is 1. The average molecular weight is 395 g/mol. The zero-order valence-corrected chi connectivity index (χ0v) is 16.4. The second-order valence-electron chi connectivity index (χ2n) is 8.25. The second kappa shape index (κ2) is 6.48. The monoisotopic (exact) mass is 395 g/mol. The van der Waals surface area contributed by atoms with Crippen molar-refractivity contribution in [1.82, 2.24) is 24.3 Å². The number of amides is 1. The molecule has 1 N–H and O–H groups in total. The molecule has 0 aromatic carbocycles. The van der Waals surface area contributed by atoms with Crippen molar-refractivity contribution in [2.24, 2.45) is 5.41 Å². The fourth-order valence-corrected chi connectivity index (χ4v) is 4.53. The van der Waals surface area contributed by atoms with E-state index in [2.05, 4.69) is 37.1 Å². The van der Waals surface area contributed by atoms with Crippen molar-refractivity contribution in [3.8, 4) is 0 Å². The topological polar surface area (TPSA) is 78.7 Å². The predicted octanol–water partition coefficient (Wildman–Crippen LogP) is 1.97. The molecule has 1 amide bonds. The molecule has 3 aromatic rings. The van der Waals surface area contributed by atoms with E-state index >= 15 is 0 Å². The van der Waals surface area contributed by atoms with Crippen LogP contribution in [-0.2, 0) is 0 Å². The van der Waals surface area contributed by atoms with Crippen LogP contribution in [0, 0.1) is 18.2 Å². The molecule has 2 aliphatic heterocycles. The molecular formula is C20H22FN7O. The number of pyridine rings is 1. The van der Waals surface area contributed by atoms with Gasteiger partial charge in [0.25, 0.3) is 5.91 Å². The lowest BCUT2D eigenvalue weighted by Gasteiger charge is -2.46. The maximum atomic E-state index is 14.2. The summed E-state index contributed by atoms with van der Waals surface area (Å²) in [6.45, 7) is 5.95. The van der Waals surface area contributed by atoms with Gasteiger partial charge >= 0.3 is 0 Å². The SMILES string of the molecule is Cc1cn2cc(NC(=O)c3cnc(N4CCC5(CN(C)C5)C4)cn3)cc(F)c2n1. The molecule has 0 radical (unpaired) electrons. The van der Waals surface area contributed by atoms with Gasteiger partial charge in [-0.15, -0.1) is 0 Å². The second-order valence-corrected chi connectivity index (χ2v) is 8.25. The highest BCUT2D eigenvalue weighted by Crippen LogP contribution is 2.39. The maximum absolute atomic E-state index is 14.2. The van der Waals surface area contributed by atoms with Gasteiger partial charge in [0, 0.05) is 50.1 Å². The summed E-state index contributed by atoms with van der Waals surface area (Å²) in [5.74, 6) is -0.144. The highest BCUT2D eigenvalue weighted by molar-refractivity contribution is 6.02. The molecule has 2 saturated heterocycles. The maximum Gasteiger partial charge on any atom is 0.275 e. The number of fused-ring (bicyclic) bond motifs is 1. The number of carbonyl (C=O) groups excluding carboxylic acids is 1. The van der Waals surface area contributed by atoms with Crippen LogP contribution in [0.1, 0.15) is 22.6 Å². The van der Waals surface area contributed by atoms with Crippen molar-refractivity contribution in [2.75, 3.05) is 43.4 Å². The molecule has 2 aliphatic rings. The average Bonchev–Trinajstić information content (AvgIpc) is 3.26. The molecule has 9 heteroatoms. The number of rotatable bonds is 3. The fraction of sp³-hybridized carbons (Fsp3) is 0.400. The molecule has 0 bridgehead atoms. The van der Waals surface area contributed by atoms with Gasteiger partial charge in [-0.1, -0.05) is 0 Å². The normalized spacial score (nSPS) is 18.4. The van der Waals surface area contributed by atoms with Crippen LogP contribution in [0.15, 0.2) is 30.9 Å². The first-order valence-electron chi connectivity index (χ1n) is 9.63. The van der Waals surface area contributed by atoms with Crippen molar-refractivity contribution in [3.63, 3.8) is 0 Å². The predicted molar refractivity (Wildman–Crippen MR) is 107 cm³/mol. The molecule has 0 atom stereocenters. The Morgan fingerprint density at radius 2 is 2.03 bits per heavy atom. The standard InChI is InChI=1S/C20H22FN7O/c1-13-8-28-9-14(5-15(21)18(28)24-13)25-19(29)16-6-23-17(7-22-16)27-4-3-20(12-27)10-26(2)11-20/h5-9H,3-4,10-12H2,1-2H3,(H,25,29). The highest BCUT2D eigenvalue weighted by Gasteiger charge is 2.46. The highest BCUT2D eigenvalue weighted by atomic mass is 19.1. The van der Waals surface area contributed by atoms with Gasteiger partial charge in [0.15, 0.2) is 11.5 Å². The number of aryl methyl sites for hydroxylation is 1. The van der Waals surface area contributed by atoms with Crippen molar-refractivity contribution in [1.29, 1.82) is 0 Å². The van der Waals surface area contributed by atoms with E-state index in [0.29, 0.717) is 16.8 Å². The largest absolute Gasteiger partial charge is 0.355 e. The molecule has 3 aromatic heterocycles. The van der Waals surface area contributed by atoms with Crippen LogP contribution >= 0.6 is 0 Å². The third kappa shape index (κ3) is 3.21. The van der Waals surface area contributed by atoms with Crippen molar-refractivity contribution >= 4 is 23.1 Å². The van der Waals surface area contributed by atoms with E-state index in [0.717, 1.165) is 38.4 Å². The molecular weight excluding hydrogens is 373 g/mol. The number of carbonyl (C=O) groups is 1. The van der Waals surface area contributed by atoms with Crippen LogP contribution in [0.2, 0.25) is 0 Å². The quantitative estimate of drug-likeness (QED) is 0.731. The molecule has 29 heavy (non-hydrogen) atoms. The third-order valence-corrected chi connectivity index (χ3v) is 5.73. The van der Waals surface area contributed by atoms with Crippen molar-refractivity contribution in [3.05, 3.63) is 48.1 Å². The Morgan fingerprint density at radius 3 is 2.76 bits per heavy atom. The Kier molecular flexibility index (Phi) is 4.02. The van der Waals surface area contributed by atoms with Gasteiger partial charge in [0.05, 0.1) is 23.8 Å².